The van der Waals surface area contributed by atoms with Gasteiger partial charge in [0, 0.05) is 31.7 Å². The van der Waals surface area contributed by atoms with Crippen LogP contribution in [0, 0.1) is 29.8 Å². The van der Waals surface area contributed by atoms with E-state index >= 15 is 0 Å². The van der Waals surface area contributed by atoms with Gasteiger partial charge >= 0.3 is 5.97 Å². The van der Waals surface area contributed by atoms with Crippen molar-refractivity contribution in [1.29, 1.82) is 0 Å². The highest BCUT2D eigenvalue weighted by atomic mass is 19.1. The summed E-state index contributed by atoms with van der Waals surface area (Å²) in [5, 5.41) is 0. The van der Waals surface area contributed by atoms with Crippen molar-refractivity contribution < 1.29 is 32.3 Å². The fourth-order valence-electron chi connectivity index (χ4n) is 5.64. The molecule has 3 aromatic rings. The Balaban J connectivity index is 1.25. The van der Waals surface area contributed by atoms with Crippen LogP contribution >= 0.6 is 0 Å². The number of halogens is 3. The summed E-state index contributed by atoms with van der Waals surface area (Å²) in [5.41, 5.74) is 0.215. The average Bonchev–Trinajstić information content (AvgIpc) is 3.36. The molecule has 2 aromatic carbocycles. The number of pyridine rings is 1. The highest BCUT2D eigenvalue weighted by Crippen LogP contribution is 2.41. The molecule has 2 aliphatic rings. The largest absolute Gasteiger partial charge is 0.465 e. The smallest absolute Gasteiger partial charge is 0.337 e. The second kappa shape index (κ2) is 10.7. The van der Waals surface area contributed by atoms with Crippen LogP contribution in [0.1, 0.15) is 56.0 Å². The van der Waals surface area contributed by atoms with Crippen molar-refractivity contribution in [2.45, 2.75) is 26.2 Å². The van der Waals surface area contributed by atoms with Crippen molar-refractivity contribution in [2.24, 2.45) is 5.41 Å². The van der Waals surface area contributed by atoms with Crippen molar-refractivity contribution in [1.82, 2.24) is 14.8 Å². The molecule has 7 nitrogen and oxygen atoms in total. The molecule has 0 radical (unpaired) electrons. The van der Waals surface area contributed by atoms with E-state index in [1.165, 1.54) is 19.2 Å². The van der Waals surface area contributed by atoms with Crippen LogP contribution in [0.5, 0.6) is 0 Å². The third kappa shape index (κ3) is 5.05. The molecular weight excluding hydrogens is 523 g/mol. The minimum absolute atomic E-state index is 0.0934. The van der Waals surface area contributed by atoms with Crippen LogP contribution in [0.25, 0.3) is 11.3 Å². The number of benzene rings is 2. The Labute approximate surface area is 229 Å². The zero-order chi connectivity index (χ0) is 28.6. The Morgan fingerprint density at radius 1 is 0.850 bits per heavy atom. The first-order valence-corrected chi connectivity index (χ1v) is 13.0. The molecule has 208 valence electrons. The molecule has 0 bridgehead atoms. The van der Waals surface area contributed by atoms with Crippen molar-refractivity contribution >= 4 is 17.8 Å². The lowest BCUT2D eigenvalue weighted by Crippen LogP contribution is -2.45. The van der Waals surface area contributed by atoms with E-state index in [0.717, 1.165) is 24.6 Å². The van der Waals surface area contributed by atoms with Crippen LogP contribution in [0.4, 0.5) is 13.2 Å². The molecule has 10 heteroatoms. The van der Waals surface area contributed by atoms with Gasteiger partial charge in [-0.25, -0.2) is 22.9 Å². The van der Waals surface area contributed by atoms with Gasteiger partial charge in [0.2, 0.25) is 0 Å². The number of aromatic nitrogens is 1. The number of rotatable bonds is 4. The third-order valence-electron chi connectivity index (χ3n) is 7.98. The number of aryl methyl sites for hydroxylation is 1. The summed E-state index contributed by atoms with van der Waals surface area (Å²) >= 11 is 0. The minimum atomic E-state index is -0.967. The molecule has 40 heavy (non-hydrogen) atoms. The van der Waals surface area contributed by atoms with Crippen LogP contribution in [0.2, 0.25) is 0 Å². The van der Waals surface area contributed by atoms with E-state index in [1.807, 2.05) is 4.90 Å². The highest BCUT2D eigenvalue weighted by Gasteiger charge is 2.43. The predicted molar refractivity (Wildman–Crippen MR) is 140 cm³/mol. The molecule has 2 fully saturated rings. The summed E-state index contributed by atoms with van der Waals surface area (Å²) in [7, 11) is 1.31. The number of piperidine rings is 1. The molecule has 5 rings (SSSR count). The van der Waals surface area contributed by atoms with Gasteiger partial charge in [-0.2, -0.15) is 0 Å². The van der Waals surface area contributed by atoms with Crippen molar-refractivity contribution in [3.63, 3.8) is 0 Å². The number of esters is 1. The van der Waals surface area contributed by atoms with Crippen LogP contribution in [-0.2, 0) is 4.74 Å². The van der Waals surface area contributed by atoms with E-state index in [1.54, 1.807) is 30.0 Å². The van der Waals surface area contributed by atoms with Crippen LogP contribution < -0.4 is 0 Å². The fraction of sp³-hybridized carbons (Fsp3) is 0.333. The van der Waals surface area contributed by atoms with Gasteiger partial charge in [-0.05, 0) is 79.6 Å². The lowest BCUT2D eigenvalue weighted by atomic mass is 9.77. The number of carbonyl (C=O) groups excluding carboxylic acids is 3. The molecule has 1 spiro atoms. The first kappa shape index (κ1) is 27.4. The maximum atomic E-state index is 14.5. The quantitative estimate of drug-likeness (QED) is 0.425. The second-order valence-electron chi connectivity index (χ2n) is 10.4. The number of amides is 2. The second-order valence-corrected chi connectivity index (χ2v) is 10.4. The molecule has 0 aliphatic carbocycles. The lowest BCUT2D eigenvalue weighted by Gasteiger charge is -2.39. The number of hydrogen-bond donors (Lipinski definition) is 0. The summed E-state index contributed by atoms with van der Waals surface area (Å²) in [4.78, 5) is 45.7. The van der Waals surface area contributed by atoms with Gasteiger partial charge in [-0.1, -0.05) is 6.07 Å². The Morgan fingerprint density at radius 2 is 1.50 bits per heavy atom. The Hall–Kier alpha value is -4.21. The fourth-order valence-corrected chi connectivity index (χ4v) is 5.64. The number of hydrogen-bond acceptors (Lipinski definition) is 5. The molecule has 0 saturated carbocycles. The van der Waals surface area contributed by atoms with Gasteiger partial charge in [0.05, 0.1) is 18.2 Å². The monoisotopic (exact) mass is 551 g/mol. The van der Waals surface area contributed by atoms with Crippen molar-refractivity contribution in [3.05, 3.63) is 88.4 Å². The lowest BCUT2D eigenvalue weighted by molar-refractivity contribution is 0.0560. The molecular formula is C30H28F3N3O4. The molecule has 0 unspecified atom stereocenters. The van der Waals surface area contributed by atoms with E-state index in [4.69, 9.17) is 4.74 Å². The summed E-state index contributed by atoms with van der Waals surface area (Å²) in [6.45, 7) is 3.75. The van der Waals surface area contributed by atoms with E-state index in [0.29, 0.717) is 55.7 Å². The predicted octanol–water partition coefficient (Wildman–Crippen LogP) is 5.03. The number of likely N-dealkylation sites (tertiary alicyclic amines) is 2. The average molecular weight is 552 g/mol. The number of nitrogens with zero attached hydrogens (tertiary/aromatic N) is 3. The van der Waals surface area contributed by atoms with Gasteiger partial charge in [0.25, 0.3) is 11.8 Å². The maximum absolute atomic E-state index is 14.5. The van der Waals surface area contributed by atoms with Crippen LogP contribution in [0.15, 0.2) is 48.5 Å². The van der Waals surface area contributed by atoms with Crippen LogP contribution in [-0.4, -0.2) is 65.9 Å². The molecule has 2 saturated heterocycles. The first-order valence-electron chi connectivity index (χ1n) is 13.0. The summed E-state index contributed by atoms with van der Waals surface area (Å²) < 4.78 is 47.8. The SMILES string of the molecule is COC(=O)c1ccc(C(=O)N2CCC3(CCN(C(=O)c4ccc(F)c(-c5c(F)cccc5F)n4)CC3)C2)c(C)c1. The van der Waals surface area contributed by atoms with Crippen LogP contribution in [0.3, 0.4) is 0 Å². The highest BCUT2D eigenvalue weighted by molar-refractivity contribution is 5.98. The van der Waals surface area contributed by atoms with Gasteiger partial charge in [0.1, 0.15) is 28.8 Å². The van der Waals surface area contributed by atoms with E-state index in [9.17, 15) is 27.6 Å². The third-order valence-corrected chi connectivity index (χ3v) is 7.98. The molecule has 2 aliphatic heterocycles. The zero-order valence-electron chi connectivity index (χ0n) is 22.2. The van der Waals surface area contributed by atoms with Gasteiger partial charge < -0.3 is 14.5 Å². The normalized spacial score (nSPS) is 16.3. The summed E-state index contributed by atoms with van der Waals surface area (Å²) in [6, 6.07) is 10.3. The molecule has 2 amide bonds. The first-order chi connectivity index (χ1) is 19.1. The minimum Gasteiger partial charge on any atom is -0.465 e. The van der Waals surface area contributed by atoms with Crippen molar-refractivity contribution in [3.8, 4) is 11.3 Å². The van der Waals surface area contributed by atoms with Crippen molar-refractivity contribution in [2.75, 3.05) is 33.3 Å². The van der Waals surface area contributed by atoms with E-state index in [-0.39, 0.29) is 17.0 Å². The molecule has 3 heterocycles. The van der Waals surface area contributed by atoms with Gasteiger partial charge in [0.15, 0.2) is 0 Å². The van der Waals surface area contributed by atoms with E-state index < -0.39 is 40.6 Å². The topological polar surface area (TPSA) is 79.8 Å². The Bertz CT molecular complexity index is 1480. The zero-order valence-corrected chi connectivity index (χ0v) is 22.2. The summed E-state index contributed by atoms with van der Waals surface area (Å²) in [6.07, 6.45) is 2.13. The Kier molecular flexibility index (Phi) is 7.35. The molecule has 0 atom stereocenters. The Morgan fingerprint density at radius 3 is 2.12 bits per heavy atom. The number of ether oxygens (including phenoxy) is 1. The number of carbonyl (C=O) groups is 3. The van der Waals surface area contributed by atoms with E-state index in [2.05, 4.69) is 4.98 Å². The molecule has 0 N–H and O–H groups in total. The molecule has 1 aromatic heterocycles. The maximum Gasteiger partial charge on any atom is 0.337 e. The standard InChI is InChI=1S/C30H28F3N3O4/c1-18-16-19(29(39)40-2)6-7-20(18)27(37)36-15-12-30(17-36)10-13-35(14-11-30)28(38)24-9-8-23(33)26(34-24)25-21(31)4-3-5-22(25)32/h3-9,16H,10-15,17H2,1-2H3. The van der Waals surface area contributed by atoms with Gasteiger partial charge in [-0.3, -0.25) is 9.59 Å². The van der Waals surface area contributed by atoms with Gasteiger partial charge in [-0.15, -0.1) is 0 Å². The number of methoxy groups -OCH3 is 1. The summed E-state index contributed by atoms with van der Waals surface area (Å²) in [5.74, 6) is -3.87.